The van der Waals surface area contributed by atoms with Crippen molar-refractivity contribution >= 4 is 38.3 Å². The molecule has 0 saturated carbocycles. The average molecular weight is 392 g/mol. The van der Waals surface area contributed by atoms with Crippen LogP contribution < -0.4 is 0 Å². The van der Waals surface area contributed by atoms with Crippen LogP contribution >= 0.6 is 27.5 Å². The standard InChI is InChI=1S/C13H15BrClF3OS/c1-12(2,3)20(19)7-10(13(16,17)18)9-5-4-8(14)6-11(9)15/h4-6,10H,7H2,1-3H3/t10-,20-/m0/s1. The minimum Gasteiger partial charge on any atom is -0.259 e. The Morgan fingerprint density at radius 1 is 1.30 bits per heavy atom. The Labute approximate surface area is 132 Å². The molecule has 0 saturated heterocycles. The van der Waals surface area contributed by atoms with Crippen LogP contribution in [0.3, 0.4) is 0 Å². The van der Waals surface area contributed by atoms with Gasteiger partial charge in [0, 0.05) is 30.8 Å². The lowest BCUT2D eigenvalue weighted by atomic mass is 10.0. The van der Waals surface area contributed by atoms with E-state index in [2.05, 4.69) is 15.9 Å². The van der Waals surface area contributed by atoms with Gasteiger partial charge in [-0.2, -0.15) is 13.2 Å². The Hall–Kier alpha value is -0.0700. The molecule has 7 heteroatoms. The van der Waals surface area contributed by atoms with E-state index in [-0.39, 0.29) is 10.6 Å². The maximum atomic E-state index is 13.2. The fourth-order valence-electron chi connectivity index (χ4n) is 1.55. The van der Waals surface area contributed by atoms with Crippen LogP contribution in [0.4, 0.5) is 13.2 Å². The molecule has 0 N–H and O–H groups in total. The minimum absolute atomic E-state index is 0.0209. The summed E-state index contributed by atoms with van der Waals surface area (Å²) >= 11 is 9.05. The van der Waals surface area contributed by atoms with Crippen molar-refractivity contribution in [2.75, 3.05) is 5.75 Å². The fraction of sp³-hybridized carbons (Fsp3) is 0.538. The highest BCUT2D eigenvalue weighted by Gasteiger charge is 2.43. The molecule has 0 unspecified atom stereocenters. The Balaban J connectivity index is 3.18. The smallest absolute Gasteiger partial charge is 0.259 e. The summed E-state index contributed by atoms with van der Waals surface area (Å²) < 4.78 is 51.6. The van der Waals surface area contributed by atoms with E-state index in [1.807, 2.05) is 0 Å². The Morgan fingerprint density at radius 3 is 2.25 bits per heavy atom. The molecular formula is C13H15BrClF3OS. The fourth-order valence-corrected chi connectivity index (χ4v) is 3.52. The van der Waals surface area contributed by atoms with Crippen molar-refractivity contribution in [1.82, 2.24) is 0 Å². The number of hydrogen-bond acceptors (Lipinski definition) is 1. The summed E-state index contributed by atoms with van der Waals surface area (Å²) in [4.78, 5) is 0. The normalized spacial score (nSPS) is 16.0. The van der Waals surface area contributed by atoms with Gasteiger partial charge in [-0.05, 0) is 38.5 Å². The van der Waals surface area contributed by atoms with Crippen LogP contribution in [-0.4, -0.2) is 20.9 Å². The van der Waals surface area contributed by atoms with E-state index in [1.54, 1.807) is 20.8 Å². The second kappa shape index (κ2) is 6.36. The minimum atomic E-state index is -4.49. The molecule has 0 radical (unpaired) electrons. The van der Waals surface area contributed by atoms with E-state index in [9.17, 15) is 17.4 Å². The summed E-state index contributed by atoms with van der Waals surface area (Å²) in [6, 6.07) is 4.24. The Morgan fingerprint density at radius 2 is 1.85 bits per heavy atom. The van der Waals surface area contributed by atoms with Crippen molar-refractivity contribution in [3.05, 3.63) is 33.3 Å². The number of benzene rings is 1. The molecule has 0 aliphatic carbocycles. The monoisotopic (exact) mass is 390 g/mol. The molecule has 0 bridgehead atoms. The summed E-state index contributed by atoms with van der Waals surface area (Å²) in [7, 11) is -1.62. The molecule has 0 amide bonds. The zero-order valence-electron chi connectivity index (χ0n) is 11.2. The van der Waals surface area contributed by atoms with Gasteiger partial charge in [-0.1, -0.05) is 33.6 Å². The van der Waals surface area contributed by atoms with E-state index in [0.717, 1.165) is 0 Å². The van der Waals surface area contributed by atoms with Gasteiger partial charge in [-0.3, -0.25) is 4.21 Å². The second-order valence-corrected chi connectivity index (χ2v) is 8.96. The van der Waals surface area contributed by atoms with Gasteiger partial charge in [-0.25, -0.2) is 0 Å². The van der Waals surface area contributed by atoms with Crippen LogP contribution in [0, 0.1) is 0 Å². The number of alkyl halides is 3. The lowest BCUT2D eigenvalue weighted by molar-refractivity contribution is -0.145. The molecule has 0 aliphatic rings. The first-order valence-corrected chi connectivity index (χ1v) is 8.32. The van der Waals surface area contributed by atoms with Crippen LogP contribution in [0.1, 0.15) is 32.3 Å². The van der Waals surface area contributed by atoms with Gasteiger partial charge in [0.15, 0.2) is 0 Å². The molecule has 1 rings (SSSR count). The van der Waals surface area contributed by atoms with Crippen molar-refractivity contribution in [3.8, 4) is 0 Å². The van der Waals surface area contributed by atoms with Crippen molar-refractivity contribution < 1.29 is 17.4 Å². The van der Waals surface area contributed by atoms with Crippen LogP contribution in [0.5, 0.6) is 0 Å². The molecule has 1 nitrogen and oxygen atoms in total. The summed E-state index contributed by atoms with van der Waals surface area (Å²) in [5, 5.41) is 0.0209. The zero-order valence-corrected chi connectivity index (χ0v) is 14.4. The topological polar surface area (TPSA) is 17.1 Å². The molecule has 1 aromatic carbocycles. The second-order valence-electron chi connectivity index (χ2n) is 5.38. The Kier molecular flexibility index (Phi) is 5.72. The first-order valence-electron chi connectivity index (χ1n) is 5.83. The van der Waals surface area contributed by atoms with E-state index >= 15 is 0 Å². The molecule has 0 heterocycles. The van der Waals surface area contributed by atoms with Crippen LogP contribution in [0.15, 0.2) is 22.7 Å². The predicted molar refractivity (Wildman–Crippen MR) is 80.7 cm³/mol. The van der Waals surface area contributed by atoms with Crippen LogP contribution in [0.25, 0.3) is 0 Å². The molecular weight excluding hydrogens is 377 g/mol. The summed E-state index contributed by atoms with van der Waals surface area (Å²) in [5.74, 6) is -2.32. The third-order valence-corrected chi connectivity index (χ3v) is 5.56. The summed E-state index contributed by atoms with van der Waals surface area (Å²) in [6.07, 6.45) is -4.49. The summed E-state index contributed by atoms with van der Waals surface area (Å²) in [5.41, 5.74) is -0.0417. The SMILES string of the molecule is CC(C)(C)[S@@](=O)C[C@@H](c1ccc(Br)cc1Cl)C(F)(F)F. The van der Waals surface area contributed by atoms with E-state index in [0.29, 0.717) is 4.47 Å². The maximum absolute atomic E-state index is 13.2. The largest absolute Gasteiger partial charge is 0.396 e. The molecule has 20 heavy (non-hydrogen) atoms. The highest BCUT2D eigenvalue weighted by Crippen LogP contribution is 2.40. The van der Waals surface area contributed by atoms with Gasteiger partial charge in [0.05, 0.1) is 5.92 Å². The molecule has 0 aliphatic heterocycles. The molecule has 1 aromatic rings. The van der Waals surface area contributed by atoms with Gasteiger partial charge in [0.25, 0.3) is 0 Å². The van der Waals surface area contributed by atoms with Crippen molar-refractivity contribution in [1.29, 1.82) is 0 Å². The molecule has 0 spiro atoms. The van der Waals surface area contributed by atoms with Crippen molar-refractivity contribution in [3.63, 3.8) is 0 Å². The highest BCUT2D eigenvalue weighted by atomic mass is 79.9. The highest BCUT2D eigenvalue weighted by molar-refractivity contribution is 9.10. The number of rotatable bonds is 3. The zero-order chi connectivity index (χ0) is 15.7. The van der Waals surface area contributed by atoms with E-state index in [1.165, 1.54) is 18.2 Å². The van der Waals surface area contributed by atoms with Gasteiger partial charge < -0.3 is 0 Å². The van der Waals surface area contributed by atoms with Crippen molar-refractivity contribution in [2.45, 2.75) is 37.6 Å². The van der Waals surface area contributed by atoms with Gasteiger partial charge >= 0.3 is 6.18 Å². The molecule has 114 valence electrons. The first kappa shape index (κ1) is 18.0. The van der Waals surface area contributed by atoms with Crippen LogP contribution in [0.2, 0.25) is 5.02 Å². The quantitative estimate of drug-likeness (QED) is 0.684. The first-order chi connectivity index (χ1) is 8.93. The van der Waals surface area contributed by atoms with E-state index < -0.39 is 33.4 Å². The molecule has 2 atom stereocenters. The average Bonchev–Trinajstić information content (AvgIpc) is 2.23. The maximum Gasteiger partial charge on any atom is 0.396 e. The predicted octanol–water partition coefficient (Wildman–Crippen LogP) is 5.30. The third kappa shape index (κ3) is 4.74. The number of hydrogen-bond donors (Lipinski definition) is 0. The van der Waals surface area contributed by atoms with Gasteiger partial charge in [0.1, 0.15) is 0 Å². The third-order valence-electron chi connectivity index (χ3n) is 2.73. The lowest BCUT2D eigenvalue weighted by Gasteiger charge is -2.25. The molecule has 0 aromatic heterocycles. The summed E-state index contributed by atoms with van der Waals surface area (Å²) in [6.45, 7) is 4.96. The molecule has 0 fully saturated rings. The van der Waals surface area contributed by atoms with Gasteiger partial charge in [-0.15, -0.1) is 0 Å². The number of halogens is 5. The van der Waals surface area contributed by atoms with Crippen LogP contribution in [-0.2, 0) is 10.8 Å². The Bertz CT molecular complexity index is 511. The van der Waals surface area contributed by atoms with Crippen molar-refractivity contribution in [2.24, 2.45) is 0 Å². The van der Waals surface area contributed by atoms with E-state index in [4.69, 9.17) is 11.6 Å². The lowest BCUT2D eigenvalue weighted by Crippen LogP contribution is -2.32. The van der Waals surface area contributed by atoms with Gasteiger partial charge in [0.2, 0.25) is 0 Å².